The van der Waals surface area contributed by atoms with Crippen molar-refractivity contribution in [2.75, 3.05) is 25.1 Å². The molecule has 1 aliphatic rings. The number of carboxylic acid groups (broad SMARTS) is 1. The van der Waals surface area contributed by atoms with Gasteiger partial charge in [0.25, 0.3) is 17.7 Å². The minimum Gasteiger partial charge on any atom is -0.480 e. The van der Waals surface area contributed by atoms with Gasteiger partial charge in [-0.2, -0.15) is 11.8 Å². The number of nitrogens with zero attached hydrogens (tertiary/aromatic N) is 1. The van der Waals surface area contributed by atoms with Crippen molar-refractivity contribution in [2.24, 2.45) is 5.73 Å². The first-order chi connectivity index (χ1) is 18.2. The standard InChI is InChI=1S/C25H33N5O7S/c1-38-12-10-18(29-23(34)17-6-4-5-16(13-17)14-26)24(35)27-15-20(31)28-19(25(36)37)7-2-3-11-30-21(32)8-9-22(30)33/h4-6,8-9,13,18-19H,2-3,7,10-12,14-15,26H2,1H3,(H,27,35)(H,28,31)(H,29,34)(H,36,37). The van der Waals surface area contributed by atoms with Crippen LogP contribution < -0.4 is 21.7 Å². The van der Waals surface area contributed by atoms with Crippen LogP contribution in [0.1, 0.15) is 41.6 Å². The maximum absolute atomic E-state index is 12.7. The van der Waals surface area contributed by atoms with E-state index >= 15 is 0 Å². The van der Waals surface area contributed by atoms with Crippen molar-refractivity contribution in [1.82, 2.24) is 20.9 Å². The quantitative estimate of drug-likeness (QED) is 0.138. The number of benzene rings is 1. The van der Waals surface area contributed by atoms with Gasteiger partial charge in [-0.05, 0) is 55.4 Å². The summed E-state index contributed by atoms with van der Waals surface area (Å²) in [5, 5.41) is 16.9. The molecule has 1 aliphatic heterocycles. The number of thioether (sulfide) groups is 1. The zero-order valence-corrected chi connectivity index (χ0v) is 21.9. The molecule has 0 fully saturated rings. The highest BCUT2D eigenvalue weighted by molar-refractivity contribution is 7.98. The third kappa shape index (κ3) is 9.63. The summed E-state index contributed by atoms with van der Waals surface area (Å²) in [6, 6.07) is 4.62. The number of carboxylic acids is 1. The smallest absolute Gasteiger partial charge is 0.326 e. The van der Waals surface area contributed by atoms with E-state index in [0.29, 0.717) is 30.6 Å². The van der Waals surface area contributed by atoms with Crippen LogP contribution in [0.2, 0.25) is 0 Å². The molecule has 0 aromatic heterocycles. The monoisotopic (exact) mass is 547 g/mol. The number of carbonyl (C=O) groups is 6. The van der Waals surface area contributed by atoms with Crippen LogP contribution in [0.3, 0.4) is 0 Å². The molecule has 2 atom stereocenters. The Hall–Kier alpha value is -3.71. The van der Waals surface area contributed by atoms with Crippen molar-refractivity contribution in [2.45, 2.75) is 44.3 Å². The lowest BCUT2D eigenvalue weighted by atomic mass is 10.1. The predicted octanol–water partition coefficient (Wildman–Crippen LogP) is -0.222. The van der Waals surface area contributed by atoms with Gasteiger partial charge in [0, 0.05) is 30.8 Å². The van der Waals surface area contributed by atoms with Gasteiger partial charge in [0.1, 0.15) is 12.1 Å². The lowest BCUT2D eigenvalue weighted by molar-refractivity contribution is -0.142. The van der Waals surface area contributed by atoms with Crippen LogP contribution >= 0.6 is 11.8 Å². The number of aliphatic carboxylic acids is 1. The van der Waals surface area contributed by atoms with Gasteiger partial charge in [0.05, 0.1) is 6.54 Å². The van der Waals surface area contributed by atoms with Crippen molar-refractivity contribution in [3.05, 3.63) is 47.5 Å². The van der Waals surface area contributed by atoms with Crippen molar-refractivity contribution in [3.8, 4) is 0 Å². The molecule has 6 N–H and O–H groups in total. The van der Waals surface area contributed by atoms with Gasteiger partial charge < -0.3 is 26.8 Å². The molecular formula is C25H33N5O7S. The van der Waals surface area contributed by atoms with Crippen LogP contribution in [0.25, 0.3) is 0 Å². The molecule has 0 aliphatic carbocycles. The van der Waals surface area contributed by atoms with Crippen molar-refractivity contribution < 1.29 is 33.9 Å². The first-order valence-corrected chi connectivity index (χ1v) is 13.5. The summed E-state index contributed by atoms with van der Waals surface area (Å²) < 4.78 is 0. The molecule has 206 valence electrons. The van der Waals surface area contributed by atoms with E-state index in [9.17, 15) is 33.9 Å². The maximum Gasteiger partial charge on any atom is 0.326 e. The highest BCUT2D eigenvalue weighted by atomic mass is 32.2. The maximum atomic E-state index is 12.7. The first-order valence-electron chi connectivity index (χ1n) is 12.1. The van der Waals surface area contributed by atoms with Gasteiger partial charge in [-0.3, -0.25) is 28.9 Å². The molecule has 0 saturated heterocycles. The molecule has 13 heteroatoms. The lowest BCUT2D eigenvalue weighted by Crippen LogP contribution is -2.51. The second-order valence-electron chi connectivity index (χ2n) is 8.55. The van der Waals surface area contributed by atoms with Crippen LogP contribution in [0.15, 0.2) is 36.4 Å². The fourth-order valence-electron chi connectivity index (χ4n) is 3.65. The van der Waals surface area contributed by atoms with Gasteiger partial charge >= 0.3 is 5.97 Å². The number of nitrogens with one attached hydrogen (secondary N) is 3. The van der Waals surface area contributed by atoms with Crippen LogP contribution in [0, 0.1) is 0 Å². The molecule has 38 heavy (non-hydrogen) atoms. The minimum atomic E-state index is -1.25. The van der Waals surface area contributed by atoms with E-state index in [1.807, 2.05) is 6.26 Å². The highest BCUT2D eigenvalue weighted by Crippen LogP contribution is 2.09. The summed E-state index contributed by atoms with van der Waals surface area (Å²) >= 11 is 1.49. The van der Waals surface area contributed by atoms with Crippen molar-refractivity contribution in [1.29, 1.82) is 0 Å². The average Bonchev–Trinajstić information content (AvgIpc) is 3.23. The number of hydrogen-bond donors (Lipinski definition) is 5. The van der Waals surface area contributed by atoms with Crippen LogP contribution in [0.4, 0.5) is 0 Å². The third-order valence-corrected chi connectivity index (χ3v) is 6.38. The molecule has 1 aromatic rings. The van der Waals surface area contributed by atoms with Gasteiger partial charge in [-0.15, -0.1) is 0 Å². The average molecular weight is 548 g/mol. The van der Waals surface area contributed by atoms with E-state index in [4.69, 9.17) is 5.73 Å². The Balaban J connectivity index is 1.84. The van der Waals surface area contributed by atoms with Crippen molar-refractivity contribution >= 4 is 47.3 Å². The van der Waals surface area contributed by atoms with Gasteiger partial charge in [0.2, 0.25) is 11.8 Å². The molecule has 2 rings (SSSR count). The predicted molar refractivity (Wildman–Crippen MR) is 141 cm³/mol. The topological polar surface area (TPSA) is 188 Å². The fraction of sp³-hybridized carbons (Fsp3) is 0.440. The van der Waals surface area contributed by atoms with Crippen LogP contribution in [0.5, 0.6) is 0 Å². The Morgan fingerprint density at radius 2 is 1.74 bits per heavy atom. The second-order valence-corrected chi connectivity index (χ2v) is 9.53. The zero-order chi connectivity index (χ0) is 28.1. The number of carbonyl (C=O) groups excluding carboxylic acids is 5. The number of amides is 5. The number of imide groups is 1. The molecular weight excluding hydrogens is 514 g/mol. The first kappa shape index (κ1) is 30.5. The summed E-state index contributed by atoms with van der Waals surface area (Å²) in [5.41, 5.74) is 6.74. The number of unbranched alkanes of at least 4 members (excludes halogenated alkanes) is 1. The number of hydrogen-bond acceptors (Lipinski definition) is 8. The number of nitrogens with two attached hydrogens (primary N) is 1. The minimum absolute atomic E-state index is 0.0763. The van der Waals surface area contributed by atoms with Crippen LogP contribution in [-0.4, -0.2) is 82.7 Å². The molecule has 5 amide bonds. The van der Waals surface area contributed by atoms with E-state index < -0.39 is 54.1 Å². The molecule has 1 aromatic carbocycles. The van der Waals surface area contributed by atoms with Gasteiger partial charge in [0.15, 0.2) is 0 Å². The third-order valence-electron chi connectivity index (χ3n) is 5.74. The normalized spacial score (nSPS) is 14.2. The van der Waals surface area contributed by atoms with Gasteiger partial charge in [-0.25, -0.2) is 4.79 Å². The Bertz CT molecular complexity index is 1060. The largest absolute Gasteiger partial charge is 0.480 e. The molecule has 2 unspecified atom stereocenters. The zero-order valence-electron chi connectivity index (χ0n) is 21.1. The Morgan fingerprint density at radius 1 is 1.03 bits per heavy atom. The second kappa shape index (κ2) is 15.5. The summed E-state index contributed by atoms with van der Waals surface area (Å²) in [6.07, 6.45) is 5.33. The van der Waals surface area contributed by atoms with E-state index in [0.717, 1.165) is 10.5 Å². The molecule has 12 nitrogen and oxygen atoms in total. The molecule has 0 radical (unpaired) electrons. The SMILES string of the molecule is CSCCC(NC(=O)c1cccc(CN)c1)C(=O)NCC(=O)NC(CCCCN1C(=O)C=CC1=O)C(=O)O. The highest BCUT2D eigenvalue weighted by Gasteiger charge is 2.25. The summed E-state index contributed by atoms with van der Waals surface area (Å²) in [6.45, 7) is -0.0563. The van der Waals surface area contributed by atoms with E-state index in [2.05, 4.69) is 16.0 Å². The summed E-state index contributed by atoms with van der Waals surface area (Å²) in [4.78, 5) is 73.5. The summed E-state index contributed by atoms with van der Waals surface area (Å²) in [7, 11) is 0. The summed E-state index contributed by atoms with van der Waals surface area (Å²) in [5.74, 6) is -3.22. The Kier molecular flexibility index (Phi) is 12.5. The lowest BCUT2D eigenvalue weighted by Gasteiger charge is -2.19. The molecule has 0 spiro atoms. The van der Waals surface area contributed by atoms with E-state index in [1.54, 1.807) is 24.3 Å². The molecule has 1 heterocycles. The fourth-order valence-corrected chi connectivity index (χ4v) is 4.12. The number of rotatable bonds is 16. The Morgan fingerprint density at radius 3 is 2.37 bits per heavy atom. The molecule has 0 saturated carbocycles. The van der Waals surface area contributed by atoms with Crippen molar-refractivity contribution in [3.63, 3.8) is 0 Å². The van der Waals surface area contributed by atoms with E-state index in [-0.39, 0.29) is 19.5 Å². The van der Waals surface area contributed by atoms with Crippen LogP contribution in [-0.2, 0) is 30.5 Å². The van der Waals surface area contributed by atoms with Gasteiger partial charge in [-0.1, -0.05) is 12.1 Å². The molecule has 0 bridgehead atoms. The van der Waals surface area contributed by atoms with E-state index in [1.165, 1.54) is 23.9 Å². The Labute approximate surface area is 224 Å².